The van der Waals surface area contributed by atoms with Crippen molar-refractivity contribution in [3.63, 3.8) is 0 Å². The first-order chi connectivity index (χ1) is 17.9. The van der Waals surface area contributed by atoms with E-state index in [0.717, 1.165) is 35.6 Å². The van der Waals surface area contributed by atoms with E-state index >= 15 is 0 Å². The summed E-state index contributed by atoms with van der Waals surface area (Å²) >= 11 is 6.72. The number of aromatic nitrogens is 2. The summed E-state index contributed by atoms with van der Waals surface area (Å²) < 4.78 is 30.9. The van der Waals surface area contributed by atoms with E-state index in [1.807, 2.05) is 30.3 Å². The molecular formula is C28H28ClN3O4S. The third kappa shape index (κ3) is 5.22. The summed E-state index contributed by atoms with van der Waals surface area (Å²) in [5.74, 6) is 1.39. The predicted octanol–water partition coefficient (Wildman–Crippen LogP) is 6.33. The van der Waals surface area contributed by atoms with Crippen molar-refractivity contribution in [3.8, 4) is 11.6 Å². The zero-order valence-corrected chi connectivity index (χ0v) is 22.3. The molecule has 0 atom stereocenters. The van der Waals surface area contributed by atoms with Gasteiger partial charge in [-0.3, -0.25) is 4.79 Å². The molecule has 0 N–H and O–H groups in total. The van der Waals surface area contributed by atoms with Gasteiger partial charge in [-0.2, -0.15) is 9.46 Å². The minimum Gasteiger partial charge on any atom is -0.494 e. The molecule has 1 aliphatic heterocycles. The Labute approximate surface area is 221 Å². The summed E-state index contributed by atoms with van der Waals surface area (Å²) in [7, 11) is 0.762. The molecule has 0 bridgehead atoms. The van der Waals surface area contributed by atoms with Crippen LogP contribution in [0.3, 0.4) is 0 Å². The number of carbonyl (C=O) groups excluding carboxylic acids is 1. The van der Waals surface area contributed by atoms with Gasteiger partial charge >= 0.3 is 0 Å². The van der Waals surface area contributed by atoms with Crippen LogP contribution >= 0.6 is 11.6 Å². The van der Waals surface area contributed by atoms with Gasteiger partial charge in [0.1, 0.15) is 23.6 Å². The van der Waals surface area contributed by atoms with Crippen molar-refractivity contribution >= 4 is 43.6 Å². The first-order valence-electron chi connectivity index (χ1n) is 12.1. The van der Waals surface area contributed by atoms with E-state index in [4.69, 9.17) is 21.1 Å². The molecule has 1 aromatic heterocycles. The van der Waals surface area contributed by atoms with Gasteiger partial charge in [0.2, 0.25) is 11.7 Å². The van der Waals surface area contributed by atoms with Crippen molar-refractivity contribution in [2.45, 2.75) is 25.9 Å². The van der Waals surface area contributed by atoms with Crippen LogP contribution in [-0.4, -0.2) is 38.4 Å². The summed E-state index contributed by atoms with van der Waals surface area (Å²) in [5, 5.41) is 6.62. The Morgan fingerprint density at radius 3 is 2.57 bits per heavy atom. The maximum absolute atomic E-state index is 13.6. The number of carbonyl (C=O) groups is 1. The monoisotopic (exact) mass is 537 g/mol. The number of nitrogens with zero attached hydrogens (tertiary/aromatic N) is 3. The van der Waals surface area contributed by atoms with Crippen LogP contribution in [0.4, 0.5) is 5.69 Å². The van der Waals surface area contributed by atoms with Gasteiger partial charge in [-0.25, -0.2) is 8.89 Å². The van der Waals surface area contributed by atoms with Gasteiger partial charge in [-0.1, -0.05) is 54.4 Å². The molecule has 4 aromatic rings. The van der Waals surface area contributed by atoms with Crippen LogP contribution in [0.15, 0.2) is 65.2 Å². The number of fused-ring (bicyclic) bond motifs is 1. The van der Waals surface area contributed by atoms with E-state index in [1.54, 1.807) is 19.2 Å². The lowest BCUT2D eigenvalue weighted by Crippen LogP contribution is -2.16. The molecule has 0 saturated carbocycles. The van der Waals surface area contributed by atoms with Gasteiger partial charge in [0.25, 0.3) is 0 Å². The van der Waals surface area contributed by atoms with Crippen LogP contribution in [0.25, 0.3) is 10.8 Å². The second-order valence-electron chi connectivity index (χ2n) is 9.10. The molecule has 1 saturated heterocycles. The summed E-state index contributed by atoms with van der Waals surface area (Å²) in [6.45, 7) is 0.267. The third-order valence-electron chi connectivity index (χ3n) is 6.55. The second kappa shape index (κ2) is 10.6. The minimum absolute atomic E-state index is 0.113. The maximum Gasteiger partial charge on any atom is 0.223 e. The Morgan fingerprint density at radius 2 is 1.81 bits per heavy atom. The van der Waals surface area contributed by atoms with Crippen LogP contribution in [0.5, 0.6) is 11.6 Å². The molecule has 1 fully saturated rings. The largest absolute Gasteiger partial charge is 0.494 e. The van der Waals surface area contributed by atoms with Crippen molar-refractivity contribution in [2.75, 3.05) is 18.6 Å². The smallest absolute Gasteiger partial charge is 0.223 e. The van der Waals surface area contributed by atoms with Gasteiger partial charge in [0.05, 0.1) is 28.1 Å². The Kier molecular flexibility index (Phi) is 7.22. The zero-order valence-electron chi connectivity index (χ0n) is 20.8. The Bertz CT molecular complexity index is 1590. The normalized spacial score (nSPS) is 14.9. The maximum atomic E-state index is 13.6. The molecule has 37 heavy (non-hydrogen) atoms. The van der Waals surface area contributed by atoms with Crippen LogP contribution in [0, 0.1) is 0 Å². The van der Waals surface area contributed by atoms with E-state index < -0.39 is 9.73 Å². The fourth-order valence-electron chi connectivity index (χ4n) is 4.54. The fraction of sp³-hybridized carbons (Fsp3) is 0.286. The quantitative estimate of drug-likeness (QED) is 0.257. The molecule has 192 valence electrons. The minimum atomic E-state index is -2.46. The lowest BCUT2D eigenvalue weighted by Gasteiger charge is -2.17. The number of hydrogen-bond donors (Lipinski definition) is 0. The third-order valence-corrected chi connectivity index (χ3v) is 9.30. The summed E-state index contributed by atoms with van der Waals surface area (Å²) in [6, 6.07) is 17.4. The summed E-state index contributed by atoms with van der Waals surface area (Å²) in [5.41, 5.74) is 1.73. The number of rotatable bonds is 7. The van der Waals surface area contributed by atoms with E-state index in [1.165, 1.54) is 18.0 Å². The van der Waals surface area contributed by atoms with Crippen molar-refractivity contribution in [1.29, 1.82) is 0 Å². The average molecular weight is 538 g/mol. The van der Waals surface area contributed by atoms with E-state index in [0.29, 0.717) is 23.1 Å². The molecule has 7 nitrogen and oxygen atoms in total. The van der Waals surface area contributed by atoms with Gasteiger partial charge in [0, 0.05) is 24.1 Å². The van der Waals surface area contributed by atoms with Gasteiger partial charge in [-0.15, -0.1) is 0 Å². The first-order valence-corrected chi connectivity index (χ1v) is 14.4. The topological polar surface area (TPSA) is 82.8 Å². The van der Waals surface area contributed by atoms with Gasteiger partial charge < -0.3 is 9.47 Å². The zero-order chi connectivity index (χ0) is 26.0. The van der Waals surface area contributed by atoms with Crippen LogP contribution < -0.4 is 9.47 Å². The molecule has 0 unspecified atom stereocenters. The van der Waals surface area contributed by atoms with Gasteiger partial charge in [-0.05, 0) is 47.4 Å². The summed E-state index contributed by atoms with van der Waals surface area (Å²) in [6.07, 6.45) is 4.22. The number of methoxy groups -OCH3 is 1. The molecule has 0 spiro atoms. The highest BCUT2D eigenvalue weighted by atomic mass is 35.5. The molecule has 2 heterocycles. The molecule has 1 aliphatic rings. The van der Waals surface area contributed by atoms with Crippen LogP contribution in [0.2, 0.25) is 5.02 Å². The Morgan fingerprint density at radius 1 is 1.05 bits per heavy atom. The molecular weight excluding hydrogens is 510 g/mol. The van der Waals surface area contributed by atoms with Crippen molar-refractivity contribution in [1.82, 2.24) is 9.78 Å². The molecule has 0 aliphatic carbocycles. The standard InChI is InChI=1S/C28H28ClN3O4S/c1-32-28(36-18-19-10-11-20-8-4-5-9-21(20)16-19)23(17-30-32)27(33)22-12-13-24(35-2)26(25(22)29)31-37(34)14-6-3-7-15-37/h4-5,8-13,16-17H,3,6-7,14-15,18H2,1-2H3. The number of aryl methyl sites for hydroxylation is 1. The predicted molar refractivity (Wildman–Crippen MR) is 147 cm³/mol. The fourth-order valence-corrected chi connectivity index (χ4v) is 7.09. The lowest BCUT2D eigenvalue weighted by atomic mass is 10.0. The average Bonchev–Trinajstić information content (AvgIpc) is 3.28. The van der Waals surface area contributed by atoms with E-state index in [9.17, 15) is 9.00 Å². The second-order valence-corrected chi connectivity index (χ2v) is 12.0. The van der Waals surface area contributed by atoms with Crippen molar-refractivity contribution in [3.05, 3.63) is 82.5 Å². The summed E-state index contributed by atoms with van der Waals surface area (Å²) in [4.78, 5) is 13.6. The molecule has 0 amide bonds. The lowest BCUT2D eigenvalue weighted by molar-refractivity contribution is 0.103. The highest BCUT2D eigenvalue weighted by molar-refractivity contribution is 7.93. The number of halogens is 1. The molecule has 0 radical (unpaired) electrons. The highest BCUT2D eigenvalue weighted by Crippen LogP contribution is 2.40. The Hall–Kier alpha value is -3.36. The van der Waals surface area contributed by atoms with Crippen molar-refractivity contribution < 1.29 is 18.5 Å². The van der Waals surface area contributed by atoms with E-state index in [-0.39, 0.29) is 34.2 Å². The number of ether oxygens (including phenoxy) is 2. The molecule has 3 aromatic carbocycles. The van der Waals surface area contributed by atoms with Crippen LogP contribution in [0.1, 0.15) is 40.7 Å². The number of benzene rings is 3. The molecule has 5 rings (SSSR count). The van der Waals surface area contributed by atoms with Crippen molar-refractivity contribution in [2.24, 2.45) is 11.4 Å². The van der Waals surface area contributed by atoms with E-state index in [2.05, 4.69) is 21.6 Å². The molecule has 9 heteroatoms. The highest BCUT2D eigenvalue weighted by Gasteiger charge is 2.25. The first kappa shape index (κ1) is 25.3. The SMILES string of the molecule is COc1ccc(C(=O)c2cnn(C)c2OCc2ccc3ccccc3c2)c(Cl)c1N=S1(=O)CCCCC1. The Balaban J connectivity index is 1.46. The van der Waals surface area contributed by atoms with Gasteiger partial charge in [0.15, 0.2) is 0 Å². The van der Waals surface area contributed by atoms with Crippen LogP contribution in [-0.2, 0) is 23.4 Å². The number of hydrogen-bond acceptors (Lipinski definition) is 6. The number of ketones is 1.